The molecule has 4 nitrogen and oxygen atoms in total. The average molecular weight is 401 g/mol. The Morgan fingerprint density at radius 1 is 1.04 bits per heavy atom. The number of nitrogens with one attached hydrogen (secondary N) is 1. The largest absolute Gasteiger partial charge is 0.493 e. The zero-order valence-corrected chi connectivity index (χ0v) is 17.0. The van der Waals surface area contributed by atoms with Crippen molar-refractivity contribution in [1.82, 2.24) is 4.90 Å². The maximum atomic E-state index is 11.5. The van der Waals surface area contributed by atoms with Gasteiger partial charge in [0, 0.05) is 24.7 Å². The fourth-order valence-electron chi connectivity index (χ4n) is 4.13. The Balaban J connectivity index is 0.00000225. The predicted molar refractivity (Wildman–Crippen MR) is 116 cm³/mol. The van der Waals surface area contributed by atoms with E-state index in [0.717, 1.165) is 30.8 Å². The summed E-state index contributed by atoms with van der Waals surface area (Å²) in [6.45, 7) is 4.14. The van der Waals surface area contributed by atoms with E-state index in [1.54, 1.807) is 0 Å². The molecule has 2 aromatic carbocycles. The van der Waals surface area contributed by atoms with Crippen molar-refractivity contribution in [3.05, 3.63) is 59.7 Å². The second kappa shape index (κ2) is 9.94. The number of halogens is 1. The van der Waals surface area contributed by atoms with Crippen LogP contribution in [0, 0.1) is 0 Å². The number of carbonyl (C=O) groups excluding carboxylic acids is 1. The molecule has 0 aromatic heterocycles. The van der Waals surface area contributed by atoms with Gasteiger partial charge < -0.3 is 15.0 Å². The molecule has 0 bridgehead atoms. The summed E-state index contributed by atoms with van der Waals surface area (Å²) < 4.78 is 5.91. The highest BCUT2D eigenvalue weighted by atomic mass is 35.5. The molecule has 0 aliphatic carbocycles. The third-order valence-corrected chi connectivity index (χ3v) is 5.72. The van der Waals surface area contributed by atoms with Gasteiger partial charge in [-0.1, -0.05) is 36.4 Å². The van der Waals surface area contributed by atoms with Gasteiger partial charge in [-0.15, -0.1) is 12.4 Å². The van der Waals surface area contributed by atoms with Crippen LogP contribution >= 0.6 is 12.4 Å². The molecule has 2 heterocycles. The maximum Gasteiger partial charge on any atom is 0.224 e. The minimum atomic E-state index is 0. The molecule has 0 spiro atoms. The van der Waals surface area contributed by atoms with Crippen molar-refractivity contribution in [3.63, 3.8) is 0 Å². The van der Waals surface area contributed by atoms with Crippen LogP contribution in [0.5, 0.6) is 5.75 Å². The van der Waals surface area contributed by atoms with Crippen LogP contribution in [0.15, 0.2) is 48.5 Å². The highest BCUT2D eigenvalue weighted by molar-refractivity contribution is 5.94. The van der Waals surface area contributed by atoms with Crippen molar-refractivity contribution < 1.29 is 9.53 Å². The lowest BCUT2D eigenvalue weighted by atomic mass is 9.89. The molecule has 1 saturated heterocycles. The van der Waals surface area contributed by atoms with Crippen molar-refractivity contribution >= 4 is 24.0 Å². The first-order valence-corrected chi connectivity index (χ1v) is 10.1. The Morgan fingerprint density at radius 3 is 2.61 bits per heavy atom. The molecule has 0 unspecified atom stereocenters. The van der Waals surface area contributed by atoms with Crippen molar-refractivity contribution in [3.8, 4) is 5.75 Å². The van der Waals surface area contributed by atoms with Crippen molar-refractivity contribution in [2.45, 2.75) is 38.0 Å². The fraction of sp³-hybridized carbons (Fsp3) is 0.435. The molecule has 2 aliphatic heterocycles. The van der Waals surface area contributed by atoms with E-state index in [0.29, 0.717) is 18.9 Å². The van der Waals surface area contributed by atoms with Crippen LogP contribution < -0.4 is 10.1 Å². The molecule has 0 saturated carbocycles. The van der Waals surface area contributed by atoms with E-state index in [-0.39, 0.29) is 18.3 Å². The molecule has 2 aromatic rings. The minimum Gasteiger partial charge on any atom is -0.493 e. The molecule has 2 aliphatic rings. The van der Waals surface area contributed by atoms with E-state index in [1.807, 2.05) is 12.1 Å². The fourth-order valence-corrected chi connectivity index (χ4v) is 4.13. The zero-order chi connectivity index (χ0) is 18.5. The molecule has 0 atom stereocenters. The number of rotatable bonds is 6. The van der Waals surface area contributed by atoms with E-state index in [2.05, 4.69) is 46.6 Å². The number of carbonyl (C=O) groups is 1. The summed E-state index contributed by atoms with van der Waals surface area (Å²) in [5.74, 6) is 1.65. The van der Waals surface area contributed by atoms with E-state index < -0.39 is 0 Å². The summed E-state index contributed by atoms with van der Waals surface area (Å²) >= 11 is 0. The smallest absolute Gasteiger partial charge is 0.224 e. The number of hydrogen-bond acceptors (Lipinski definition) is 3. The lowest BCUT2D eigenvalue weighted by Gasteiger charge is -2.32. The molecule has 1 fully saturated rings. The molecule has 1 N–H and O–H groups in total. The minimum absolute atomic E-state index is 0. The molecule has 4 rings (SSSR count). The standard InChI is InChI=1S/C23H28N2O2.ClH/c26-23-10-8-20-7-9-21(17-22(20)24-23)27-16-4-13-25-14-11-19(12-15-25)18-5-2-1-3-6-18;/h1-3,5-7,9,17,19H,4,8,10-16H2,(H,24,26);1H. The Hall–Kier alpha value is -2.04. The molecule has 28 heavy (non-hydrogen) atoms. The van der Waals surface area contributed by atoms with Crippen LogP contribution in [0.2, 0.25) is 0 Å². The van der Waals surface area contributed by atoms with Gasteiger partial charge in [0.05, 0.1) is 6.61 Å². The topological polar surface area (TPSA) is 41.6 Å². The number of ether oxygens (including phenoxy) is 1. The van der Waals surface area contributed by atoms with Crippen LogP contribution in [0.1, 0.15) is 42.7 Å². The number of amides is 1. The highest BCUT2D eigenvalue weighted by Gasteiger charge is 2.20. The number of piperidine rings is 1. The third-order valence-electron chi connectivity index (χ3n) is 5.72. The summed E-state index contributed by atoms with van der Waals surface area (Å²) in [5, 5.41) is 2.93. The van der Waals surface area contributed by atoms with Crippen LogP contribution in [-0.2, 0) is 11.2 Å². The monoisotopic (exact) mass is 400 g/mol. The van der Waals surface area contributed by atoms with Crippen molar-refractivity contribution in [1.29, 1.82) is 0 Å². The van der Waals surface area contributed by atoms with Gasteiger partial charge in [-0.2, -0.15) is 0 Å². The van der Waals surface area contributed by atoms with E-state index in [1.165, 1.54) is 37.1 Å². The summed E-state index contributed by atoms with van der Waals surface area (Å²) in [5.41, 5.74) is 3.59. The van der Waals surface area contributed by atoms with Gasteiger partial charge in [-0.3, -0.25) is 4.79 Å². The summed E-state index contributed by atoms with van der Waals surface area (Å²) in [7, 11) is 0. The lowest BCUT2D eigenvalue weighted by molar-refractivity contribution is -0.116. The van der Waals surface area contributed by atoms with Gasteiger partial charge in [-0.05, 0) is 61.9 Å². The van der Waals surface area contributed by atoms with Gasteiger partial charge in [0.25, 0.3) is 0 Å². The first-order valence-electron chi connectivity index (χ1n) is 10.1. The second-order valence-corrected chi connectivity index (χ2v) is 7.60. The summed E-state index contributed by atoms with van der Waals surface area (Å²) in [6.07, 6.45) is 4.92. The average Bonchev–Trinajstić information content (AvgIpc) is 2.72. The Labute approximate surface area is 173 Å². The Morgan fingerprint density at radius 2 is 1.82 bits per heavy atom. The second-order valence-electron chi connectivity index (χ2n) is 7.60. The maximum absolute atomic E-state index is 11.5. The van der Waals surface area contributed by atoms with Crippen molar-refractivity contribution in [2.24, 2.45) is 0 Å². The molecule has 5 heteroatoms. The van der Waals surface area contributed by atoms with Gasteiger partial charge in [0.1, 0.15) is 5.75 Å². The van der Waals surface area contributed by atoms with E-state index >= 15 is 0 Å². The Kier molecular flexibility index (Phi) is 7.35. The highest BCUT2D eigenvalue weighted by Crippen LogP contribution is 2.28. The summed E-state index contributed by atoms with van der Waals surface area (Å²) in [6, 6.07) is 16.9. The molecular weight excluding hydrogens is 372 g/mol. The van der Waals surface area contributed by atoms with E-state index in [4.69, 9.17) is 4.74 Å². The Bertz CT molecular complexity index is 773. The van der Waals surface area contributed by atoms with Gasteiger partial charge >= 0.3 is 0 Å². The quantitative estimate of drug-likeness (QED) is 0.718. The lowest BCUT2D eigenvalue weighted by Crippen LogP contribution is -2.34. The number of aryl methyl sites for hydroxylation is 1. The first-order chi connectivity index (χ1) is 13.3. The molecule has 0 radical (unpaired) electrons. The SMILES string of the molecule is Cl.O=C1CCc2ccc(OCCCN3CCC(c4ccccc4)CC3)cc2N1. The molecule has 150 valence electrons. The number of likely N-dealkylation sites (tertiary alicyclic amines) is 1. The predicted octanol–water partition coefficient (Wildman–Crippen LogP) is 4.64. The number of nitrogens with zero attached hydrogens (tertiary/aromatic N) is 1. The van der Waals surface area contributed by atoms with Crippen LogP contribution in [-0.4, -0.2) is 37.0 Å². The number of anilines is 1. The van der Waals surface area contributed by atoms with Gasteiger partial charge in [0.2, 0.25) is 5.91 Å². The van der Waals surface area contributed by atoms with Crippen LogP contribution in [0.3, 0.4) is 0 Å². The van der Waals surface area contributed by atoms with Crippen LogP contribution in [0.25, 0.3) is 0 Å². The first kappa shape index (κ1) is 20.7. The van der Waals surface area contributed by atoms with Gasteiger partial charge in [-0.25, -0.2) is 0 Å². The van der Waals surface area contributed by atoms with E-state index in [9.17, 15) is 4.79 Å². The zero-order valence-electron chi connectivity index (χ0n) is 16.2. The van der Waals surface area contributed by atoms with Crippen molar-refractivity contribution in [2.75, 3.05) is 31.6 Å². The number of hydrogen-bond donors (Lipinski definition) is 1. The summed E-state index contributed by atoms with van der Waals surface area (Å²) in [4.78, 5) is 14.1. The normalized spacial score (nSPS) is 17.4. The number of fused-ring (bicyclic) bond motifs is 1. The molecule has 1 amide bonds. The van der Waals surface area contributed by atoms with Gasteiger partial charge in [0.15, 0.2) is 0 Å². The third kappa shape index (κ3) is 5.27. The number of benzene rings is 2. The van der Waals surface area contributed by atoms with Crippen LogP contribution in [0.4, 0.5) is 5.69 Å². The molecular formula is C23H29ClN2O2.